The molecule has 0 radical (unpaired) electrons. The maximum atomic E-state index is 3.53. The summed E-state index contributed by atoms with van der Waals surface area (Å²) in [6, 6.07) is 7.93. The van der Waals surface area contributed by atoms with Crippen molar-refractivity contribution in [3.05, 3.63) is 34.9 Å². The zero-order valence-electron chi connectivity index (χ0n) is 10.3. The van der Waals surface area contributed by atoms with Gasteiger partial charge in [-0.1, -0.05) is 18.2 Å². The molecule has 17 heavy (non-hydrogen) atoms. The molecule has 1 aromatic rings. The van der Waals surface area contributed by atoms with Gasteiger partial charge >= 0.3 is 0 Å². The lowest BCUT2D eigenvalue weighted by Gasteiger charge is -2.41. The van der Waals surface area contributed by atoms with Crippen LogP contribution in [0.1, 0.15) is 41.5 Å². The Hall–Kier alpha value is -0.860. The van der Waals surface area contributed by atoms with Gasteiger partial charge in [-0.15, -0.1) is 0 Å². The summed E-state index contributed by atoms with van der Waals surface area (Å²) in [7, 11) is 0. The van der Waals surface area contributed by atoms with Gasteiger partial charge in [0.1, 0.15) is 0 Å². The fourth-order valence-corrected chi connectivity index (χ4v) is 3.42. The summed E-state index contributed by atoms with van der Waals surface area (Å²) >= 11 is 0. The van der Waals surface area contributed by atoms with Crippen LogP contribution in [0, 0.1) is 0 Å². The first-order valence-corrected chi connectivity index (χ1v) is 6.99. The fraction of sp³-hybridized carbons (Fsp3) is 0.600. The second-order valence-corrected chi connectivity index (χ2v) is 5.74. The second kappa shape index (κ2) is 3.82. The molecule has 1 aliphatic carbocycles. The number of hydrogen-bond donors (Lipinski definition) is 1. The average Bonchev–Trinajstić information content (AvgIpc) is 3.22. The first kappa shape index (κ1) is 10.1. The smallest absolute Gasteiger partial charge is 0.0476 e. The molecule has 3 aliphatic rings. The zero-order valence-corrected chi connectivity index (χ0v) is 10.3. The van der Waals surface area contributed by atoms with E-state index in [0.717, 1.165) is 19.0 Å². The van der Waals surface area contributed by atoms with Gasteiger partial charge in [0.25, 0.3) is 0 Å². The van der Waals surface area contributed by atoms with Crippen molar-refractivity contribution < 1.29 is 0 Å². The summed E-state index contributed by atoms with van der Waals surface area (Å²) in [5.41, 5.74) is 4.81. The molecular weight excluding hydrogens is 208 g/mol. The Morgan fingerprint density at radius 3 is 3.00 bits per heavy atom. The Balaban J connectivity index is 1.70. The number of nitrogens with one attached hydrogen (secondary N) is 1. The van der Waals surface area contributed by atoms with Crippen molar-refractivity contribution in [2.45, 2.75) is 31.2 Å². The predicted octanol–water partition coefficient (Wildman–Crippen LogP) is 2.07. The van der Waals surface area contributed by atoms with E-state index >= 15 is 0 Å². The lowest BCUT2D eigenvalue weighted by molar-refractivity contribution is 0.152. The minimum Gasteiger partial charge on any atom is -0.314 e. The van der Waals surface area contributed by atoms with E-state index in [0.29, 0.717) is 6.04 Å². The van der Waals surface area contributed by atoms with Crippen LogP contribution < -0.4 is 5.32 Å². The van der Waals surface area contributed by atoms with Gasteiger partial charge in [0, 0.05) is 32.2 Å². The van der Waals surface area contributed by atoms with Crippen LogP contribution in [0.3, 0.4) is 0 Å². The molecule has 0 amide bonds. The normalized spacial score (nSPS) is 28.6. The first-order valence-electron chi connectivity index (χ1n) is 6.99. The van der Waals surface area contributed by atoms with E-state index in [1.165, 1.54) is 32.4 Å². The molecule has 2 heterocycles. The van der Waals surface area contributed by atoms with Crippen LogP contribution in [-0.4, -0.2) is 31.1 Å². The number of benzene rings is 1. The number of piperazine rings is 1. The van der Waals surface area contributed by atoms with Gasteiger partial charge in [-0.2, -0.15) is 0 Å². The Bertz CT molecular complexity index is 437. The largest absolute Gasteiger partial charge is 0.314 e. The molecule has 1 atom stereocenters. The highest BCUT2D eigenvalue weighted by Gasteiger charge is 2.30. The monoisotopic (exact) mass is 228 g/mol. The van der Waals surface area contributed by atoms with Gasteiger partial charge in [-0.25, -0.2) is 0 Å². The van der Waals surface area contributed by atoms with Crippen molar-refractivity contribution in [1.29, 1.82) is 0 Å². The number of rotatable bonds is 1. The summed E-state index contributed by atoms with van der Waals surface area (Å²) < 4.78 is 0. The summed E-state index contributed by atoms with van der Waals surface area (Å²) in [6.07, 6.45) is 4.08. The standard InChI is InChI=1S/C15H20N2/c1-2-11(1)12-3-4-14-13(9-12)5-7-17-8-6-16-10-15(14)17/h3-4,9,11,15-16H,1-2,5-8,10H2/t15-/m0/s1. The van der Waals surface area contributed by atoms with Crippen LogP contribution in [0.25, 0.3) is 0 Å². The molecule has 0 aromatic heterocycles. The molecule has 0 spiro atoms. The van der Waals surface area contributed by atoms with Gasteiger partial charge in [0.2, 0.25) is 0 Å². The highest BCUT2D eigenvalue weighted by Crippen LogP contribution is 2.42. The third-order valence-electron chi connectivity index (χ3n) is 4.60. The van der Waals surface area contributed by atoms with E-state index in [2.05, 4.69) is 28.4 Å². The van der Waals surface area contributed by atoms with Crippen LogP contribution in [0.4, 0.5) is 0 Å². The van der Waals surface area contributed by atoms with Crippen LogP contribution in [0.15, 0.2) is 18.2 Å². The van der Waals surface area contributed by atoms with Crippen LogP contribution in [-0.2, 0) is 6.42 Å². The molecule has 2 nitrogen and oxygen atoms in total. The van der Waals surface area contributed by atoms with Gasteiger partial charge in [-0.05, 0) is 41.9 Å². The van der Waals surface area contributed by atoms with Crippen molar-refractivity contribution in [3.63, 3.8) is 0 Å². The lowest BCUT2D eigenvalue weighted by Crippen LogP contribution is -2.48. The van der Waals surface area contributed by atoms with Crippen molar-refractivity contribution in [3.8, 4) is 0 Å². The lowest BCUT2D eigenvalue weighted by atomic mass is 9.89. The highest BCUT2D eigenvalue weighted by molar-refractivity contribution is 5.39. The molecule has 1 aromatic carbocycles. The maximum absolute atomic E-state index is 3.53. The van der Waals surface area contributed by atoms with Gasteiger partial charge in [0.15, 0.2) is 0 Å². The summed E-state index contributed by atoms with van der Waals surface area (Å²) in [6.45, 7) is 4.77. The number of hydrogen-bond acceptors (Lipinski definition) is 2. The van der Waals surface area contributed by atoms with Crippen molar-refractivity contribution in [2.24, 2.45) is 0 Å². The van der Waals surface area contributed by atoms with Gasteiger partial charge in [-0.3, -0.25) is 4.90 Å². The van der Waals surface area contributed by atoms with E-state index in [-0.39, 0.29) is 0 Å². The molecule has 90 valence electrons. The van der Waals surface area contributed by atoms with E-state index in [4.69, 9.17) is 0 Å². The Labute approximate surface area is 103 Å². The van der Waals surface area contributed by atoms with Gasteiger partial charge < -0.3 is 5.32 Å². The Morgan fingerprint density at radius 2 is 2.12 bits per heavy atom. The average molecular weight is 228 g/mol. The summed E-state index contributed by atoms with van der Waals surface area (Å²) in [5, 5.41) is 3.53. The SMILES string of the molecule is c1cc2c(cc1C1CC1)CCN1CCNC[C@@H]21. The minimum atomic E-state index is 0.640. The Kier molecular flexibility index (Phi) is 2.27. The van der Waals surface area contributed by atoms with E-state index in [9.17, 15) is 0 Å². The minimum absolute atomic E-state index is 0.640. The molecule has 0 unspecified atom stereocenters. The van der Waals surface area contributed by atoms with Crippen molar-refractivity contribution in [1.82, 2.24) is 10.2 Å². The predicted molar refractivity (Wildman–Crippen MR) is 69.3 cm³/mol. The van der Waals surface area contributed by atoms with E-state index in [1.807, 2.05) is 0 Å². The topological polar surface area (TPSA) is 15.3 Å². The molecule has 0 bridgehead atoms. The second-order valence-electron chi connectivity index (χ2n) is 5.74. The molecule has 1 saturated heterocycles. The van der Waals surface area contributed by atoms with Crippen LogP contribution >= 0.6 is 0 Å². The first-order chi connectivity index (χ1) is 8.42. The van der Waals surface area contributed by atoms with Crippen LogP contribution in [0.5, 0.6) is 0 Å². The fourth-order valence-electron chi connectivity index (χ4n) is 3.42. The molecule has 2 aliphatic heterocycles. The quantitative estimate of drug-likeness (QED) is 0.791. The molecule has 1 N–H and O–H groups in total. The molecule has 2 fully saturated rings. The maximum Gasteiger partial charge on any atom is 0.0476 e. The zero-order chi connectivity index (χ0) is 11.2. The highest BCUT2D eigenvalue weighted by atomic mass is 15.2. The number of nitrogens with zero attached hydrogens (tertiary/aromatic N) is 1. The van der Waals surface area contributed by atoms with Gasteiger partial charge in [0.05, 0.1) is 0 Å². The molecule has 1 saturated carbocycles. The Morgan fingerprint density at radius 1 is 1.18 bits per heavy atom. The summed E-state index contributed by atoms with van der Waals surface area (Å²) in [5.74, 6) is 0.891. The van der Waals surface area contributed by atoms with E-state index < -0.39 is 0 Å². The number of fused-ring (bicyclic) bond motifs is 3. The molecule has 4 rings (SSSR count). The summed E-state index contributed by atoms with van der Waals surface area (Å²) in [4.78, 5) is 2.65. The third kappa shape index (κ3) is 1.71. The third-order valence-corrected chi connectivity index (χ3v) is 4.60. The van der Waals surface area contributed by atoms with Crippen molar-refractivity contribution in [2.75, 3.05) is 26.2 Å². The molecule has 2 heteroatoms. The van der Waals surface area contributed by atoms with Crippen LogP contribution in [0.2, 0.25) is 0 Å². The van der Waals surface area contributed by atoms with Crippen molar-refractivity contribution >= 4 is 0 Å². The van der Waals surface area contributed by atoms with E-state index in [1.54, 1.807) is 16.7 Å². The molecular formula is C15H20N2.